The van der Waals surface area contributed by atoms with Gasteiger partial charge in [-0.1, -0.05) is 29.7 Å². The molecule has 0 atom stereocenters. The summed E-state index contributed by atoms with van der Waals surface area (Å²) in [6.45, 7) is 0.141. The van der Waals surface area contributed by atoms with E-state index in [2.05, 4.69) is 4.99 Å². The molecule has 0 aliphatic carbocycles. The van der Waals surface area contributed by atoms with Gasteiger partial charge in [0.05, 0.1) is 12.1 Å². The molecule has 7 heteroatoms. The maximum absolute atomic E-state index is 14.1. The molecule has 0 amide bonds. The molecule has 0 fully saturated rings. The highest BCUT2D eigenvalue weighted by Gasteiger charge is 2.12. The van der Waals surface area contributed by atoms with Gasteiger partial charge in [0.2, 0.25) is 0 Å². The lowest BCUT2D eigenvalue weighted by atomic mass is 9.91. The number of hydrogen-bond acceptors (Lipinski definition) is 3. The molecule has 0 unspecified atom stereocenters. The number of nitrogens with two attached hydrogens (primary N) is 1. The van der Waals surface area contributed by atoms with Crippen molar-refractivity contribution in [3.8, 4) is 0 Å². The number of hydrogen-bond donors (Lipinski definition) is 1. The van der Waals surface area contributed by atoms with E-state index in [1.165, 1.54) is 10.8 Å². The fourth-order valence-electron chi connectivity index (χ4n) is 2.96. The second-order valence-corrected chi connectivity index (χ2v) is 6.01. The smallest absolute Gasteiger partial charge is 0.250 e. The fraction of sp³-hybridized carbons (Fsp3) is 0.100. The minimum absolute atomic E-state index is 0.0179. The van der Waals surface area contributed by atoms with Gasteiger partial charge in [-0.3, -0.25) is 9.79 Å². The first-order chi connectivity index (χ1) is 12.9. The van der Waals surface area contributed by atoms with Crippen molar-refractivity contribution in [2.24, 2.45) is 10.7 Å². The Morgan fingerprint density at radius 2 is 1.93 bits per heavy atom. The van der Waals surface area contributed by atoms with Crippen LogP contribution in [0.3, 0.4) is 0 Å². The van der Waals surface area contributed by atoms with Crippen LogP contribution in [-0.2, 0) is 6.54 Å². The number of rotatable bonds is 4. The third kappa shape index (κ3) is 3.67. The Morgan fingerprint density at radius 3 is 2.56 bits per heavy atom. The SMILES string of the molecule is [B]c1cc(=O)n(Cc2ccc(/C(C=NC)=C/N)cc2)c2cc(F)cc(F)c12. The molecule has 0 saturated heterocycles. The van der Waals surface area contributed by atoms with Crippen molar-refractivity contribution >= 4 is 36.0 Å². The summed E-state index contributed by atoms with van der Waals surface area (Å²) in [4.78, 5) is 16.3. The summed E-state index contributed by atoms with van der Waals surface area (Å²) < 4.78 is 29.1. The standard InChI is InChI=1S/C20H16BF2N3O/c1-25-10-14(9-24)13-4-2-12(3-5-13)11-26-18-7-15(22)6-17(23)20(18)16(21)8-19(26)27/h2-10H,11,24H2,1H3/b14-9+,25-10?. The van der Waals surface area contributed by atoms with Crippen LogP contribution in [0.4, 0.5) is 8.78 Å². The quantitative estimate of drug-likeness (QED) is 0.570. The van der Waals surface area contributed by atoms with Crippen molar-refractivity contribution in [3.63, 3.8) is 0 Å². The van der Waals surface area contributed by atoms with Crippen LogP contribution in [0.25, 0.3) is 16.5 Å². The number of allylic oxidation sites excluding steroid dienone is 1. The molecule has 3 aromatic rings. The first-order valence-electron chi connectivity index (χ1n) is 8.16. The number of fused-ring (bicyclic) bond motifs is 1. The van der Waals surface area contributed by atoms with Crippen LogP contribution in [0.5, 0.6) is 0 Å². The van der Waals surface area contributed by atoms with E-state index < -0.39 is 17.2 Å². The van der Waals surface area contributed by atoms with Gasteiger partial charge in [-0.05, 0) is 23.3 Å². The van der Waals surface area contributed by atoms with Crippen LogP contribution in [-0.4, -0.2) is 25.7 Å². The number of halogens is 2. The molecule has 2 radical (unpaired) electrons. The molecule has 134 valence electrons. The summed E-state index contributed by atoms with van der Waals surface area (Å²) in [6, 6.07) is 10.3. The molecule has 1 aromatic heterocycles. The van der Waals surface area contributed by atoms with Crippen LogP contribution < -0.4 is 16.8 Å². The van der Waals surface area contributed by atoms with Crippen molar-refractivity contribution in [1.29, 1.82) is 0 Å². The van der Waals surface area contributed by atoms with E-state index in [-0.39, 0.29) is 22.9 Å². The fourth-order valence-corrected chi connectivity index (χ4v) is 2.96. The Balaban J connectivity index is 2.06. The predicted octanol–water partition coefficient (Wildman–Crippen LogP) is 2.12. The minimum Gasteiger partial charge on any atom is -0.404 e. The van der Waals surface area contributed by atoms with E-state index in [0.717, 1.165) is 34.9 Å². The van der Waals surface area contributed by atoms with E-state index in [9.17, 15) is 13.6 Å². The van der Waals surface area contributed by atoms with E-state index in [1.54, 1.807) is 13.3 Å². The Morgan fingerprint density at radius 1 is 1.22 bits per heavy atom. The second kappa shape index (κ2) is 7.57. The van der Waals surface area contributed by atoms with Crippen LogP contribution in [0, 0.1) is 11.6 Å². The maximum Gasteiger partial charge on any atom is 0.250 e. The van der Waals surface area contributed by atoms with Gasteiger partial charge < -0.3 is 10.3 Å². The molecule has 0 spiro atoms. The normalized spacial score (nSPS) is 12.2. The van der Waals surface area contributed by atoms with Gasteiger partial charge in [0, 0.05) is 36.5 Å². The van der Waals surface area contributed by atoms with E-state index in [0.29, 0.717) is 0 Å². The first kappa shape index (κ1) is 18.6. The molecule has 4 nitrogen and oxygen atoms in total. The topological polar surface area (TPSA) is 60.4 Å². The zero-order valence-corrected chi connectivity index (χ0v) is 14.6. The lowest BCUT2D eigenvalue weighted by Gasteiger charge is -2.13. The van der Waals surface area contributed by atoms with Crippen LogP contribution in [0.1, 0.15) is 11.1 Å². The van der Waals surface area contributed by atoms with Crippen molar-refractivity contribution in [1.82, 2.24) is 4.57 Å². The van der Waals surface area contributed by atoms with E-state index in [4.69, 9.17) is 13.6 Å². The number of nitrogens with zero attached hydrogens (tertiary/aromatic N) is 2. The molecular formula is C20H16BF2N3O. The van der Waals surface area contributed by atoms with Crippen molar-refractivity contribution in [3.05, 3.63) is 81.8 Å². The molecule has 0 aliphatic rings. The Labute approximate surface area is 156 Å². The van der Waals surface area contributed by atoms with Crippen LogP contribution >= 0.6 is 0 Å². The average molecular weight is 363 g/mol. The molecule has 0 aliphatic heterocycles. The summed E-state index contributed by atoms with van der Waals surface area (Å²) in [6.07, 6.45) is 3.09. The van der Waals surface area contributed by atoms with Crippen LogP contribution in [0.2, 0.25) is 0 Å². The molecule has 0 bridgehead atoms. The minimum atomic E-state index is -0.803. The van der Waals surface area contributed by atoms with Crippen molar-refractivity contribution in [2.75, 3.05) is 7.05 Å². The Bertz CT molecular complexity index is 1120. The van der Waals surface area contributed by atoms with Gasteiger partial charge in [0.1, 0.15) is 19.5 Å². The predicted molar refractivity (Wildman–Crippen MR) is 106 cm³/mol. The molecule has 27 heavy (non-hydrogen) atoms. The Hall–Kier alpha value is -3.22. The van der Waals surface area contributed by atoms with Gasteiger partial charge >= 0.3 is 0 Å². The molecule has 2 N–H and O–H groups in total. The molecule has 0 saturated carbocycles. The lowest BCUT2D eigenvalue weighted by molar-refractivity contribution is 0.590. The number of pyridine rings is 1. The summed E-state index contributed by atoms with van der Waals surface area (Å²) >= 11 is 0. The highest BCUT2D eigenvalue weighted by Crippen LogP contribution is 2.18. The monoisotopic (exact) mass is 363 g/mol. The highest BCUT2D eigenvalue weighted by molar-refractivity contribution is 6.38. The van der Waals surface area contributed by atoms with Crippen molar-refractivity contribution < 1.29 is 8.78 Å². The Kier molecular flexibility index (Phi) is 5.21. The number of aromatic nitrogens is 1. The zero-order valence-electron chi connectivity index (χ0n) is 14.6. The van der Waals surface area contributed by atoms with Crippen LogP contribution in [0.15, 0.2) is 58.5 Å². The highest BCUT2D eigenvalue weighted by atomic mass is 19.1. The summed E-state index contributed by atoms with van der Waals surface area (Å²) in [7, 11) is 7.41. The lowest BCUT2D eigenvalue weighted by Crippen LogP contribution is -2.27. The number of benzene rings is 2. The third-order valence-electron chi connectivity index (χ3n) is 4.23. The molecular weight excluding hydrogens is 347 g/mol. The number of aliphatic imine (C=N–C) groups is 1. The molecule has 1 heterocycles. The van der Waals surface area contributed by atoms with Gasteiger partial charge in [-0.15, -0.1) is 0 Å². The summed E-state index contributed by atoms with van der Waals surface area (Å²) in [5.74, 6) is -1.58. The molecule has 3 rings (SSSR count). The molecule has 2 aromatic carbocycles. The first-order valence-corrected chi connectivity index (χ1v) is 8.16. The van der Waals surface area contributed by atoms with Gasteiger partial charge in [0.25, 0.3) is 5.56 Å². The zero-order chi connectivity index (χ0) is 19.6. The second-order valence-electron chi connectivity index (χ2n) is 6.01. The van der Waals surface area contributed by atoms with Gasteiger partial charge in [-0.25, -0.2) is 8.78 Å². The summed E-state index contributed by atoms with van der Waals surface area (Å²) in [5, 5.41) is 0.0279. The maximum atomic E-state index is 14.1. The van der Waals surface area contributed by atoms with Crippen molar-refractivity contribution in [2.45, 2.75) is 6.54 Å². The van der Waals surface area contributed by atoms with Gasteiger partial charge in [0.15, 0.2) is 0 Å². The third-order valence-corrected chi connectivity index (χ3v) is 4.23. The summed E-state index contributed by atoms with van der Waals surface area (Å²) in [5.41, 5.74) is 7.65. The van der Waals surface area contributed by atoms with Gasteiger partial charge in [-0.2, -0.15) is 0 Å². The average Bonchev–Trinajstić information content (AvgIpc) is 2.63. The van der Waals surface area contributed by atoms with E-state index in [1.807, 2.05) is 24.3 Å². The van der Waals surface area contributed by atoms with E-state index >= 15 is 0 Å². The largest absolute Gasteiger partial charge is 0.404 e.